The highest BCUT2D eigenvalue weighted by molar-refractivity contribution is 5.76. The van der Waals surface area contributed by atoms with E-state index in [-0.39, 0.29) is 11.7 Å². The molecule has 0 amide bonds. The Morgan fingerprint density at radius 1 is 1.48 bits per heavy atom. The summed E-state index contributed by atoms with van der Waals surface area (Å²) in [6.45, 7) is 3.43. The van der Waals surface area contributed by atoms with Crippen LogP contribution in [0.3, 0.4) is 0 Å². The fourth-order valence-electron chi connectivity index (χ4n) is 2.99. The van der Waals surface area contributed by atoms with Crippen LogP contribution in [-0.4, -0.2) is 22.0 Å². The molecule has 0 spiro atoms. The van der Waals surface area contributed by atoms with Gasteiger partial charge in [-0.2, -0.15) is 0 Å². The number of anilines is 1. The third-order valence-corrected chi connectivity index (χ3v) is 4.53. The minimum atomic E-state index is -0.838. The molecule has 0 saturated heterocycles. The van der Waals surface area contributed by atoms with Crippen molar-refractivity contribution in [3.8, 4) is 0 Å². The molecule has 2 rings (SSSR count). The number of carbonyl (C=O) groups is 1. The summed E-state index contributed by atoms with van der Waals surface area (Å²) in [7, 11) is 0. The Hall–Kier alpha value is -2.11. The van der Waals surface area contributed by atoms with Gasteiger partial charge in [-0.05, 0) is 32.8 Å². The number of nitro groups is 1. The highest BCUT2D eigenvalue weighted by Crippen LogP contribution is 2.39. The van der Waals surface area contributed by atoms with Crippen molar-refractivity contribution in [1.82, 2.24) is 0 Å². The number of hydrogen-bond donors (Lipinski definition) is 2. The van der Waals surface area contributed by atoms with Gasteiger partial charge in [-0.1, -0.05) is 18.9 Å². The molecule has 114 valence electrons. The van der Waals surface area contributed by atoms with E-state index in [0.717, 1.165) is 19.3 Å². The zero-order chi connectivity index (χ0) is 15.6. The van der Waals surface area contributed by atoms with Gasteiger partial charge in [0.2, 0.25) is 0 Å². The van der Waals surface area contributed by atoms with Crippen LogP contribution in [0.15, 0.2) is 18.2 Å². The quantitative estimate of drug-likeness (QED) is 0.655. The van der Waals surface area contributed by atoms with Gasteiger partial charge in [0, 0.05) is 23.4 Å². The number of rotatable bonds is 4. The minimum Gasteiger partial charge on any atom is -0.481 e. The number of carboxylic acids is 1. The molecule has 1 aromatic carbocycles. The van der Waals surface area contributed by atoms with Crippen molar-refractivity contribution in [2.45, 2.75) is 45.6 Å². The Morgan fingerprint density at radius 2 is 2.19 bits per heavy atom. The van der Waals surface area contributed by atoms with Crippen LogP contribution in [0.4, 0.5) is 11.4 Å². The van der Waals surface area contributed by atoms with Gasteiger partial charge >= 0.3 is 5.97 Å². The maximum atomic E-state index is 11.6. The summed E-state index contributed by atoms with van der Waals surface area (Å²) in [5.41, 5.74) is 0.396. The number of hydrogen-bond acceptors (Lipinski definition) is 4. The molecule has 1 fully saturated rings. The maximum Gasteiger partial charge on any atom is 0.311 e. The summed E-state index contributed by atoms with van der Waals surface area (Å²) in [5, 5.41) is 23.7. The molecule has 1 aromatic rings. The van der Waals surface area contributed by atoms with E-state index in [0.29, 0.717) is 17.7 Å². The average Bonchev–Trinajstić information content (AvgIpc) is 2.43. The molecule has 0 aromatic heterocycles. The SMILES string of the molecule is Cc1c(NC2CCCCC2(C)C(=O)O)cccc1[N+](=O)[O-]. The first-order chi connectivity index (χ1) is 9.86. The van der Waals surface area contributed by atoms with Crippen molar-refractivity contribution < 1.29 is 14.8 Å². The van der Waals surface area contributed by atoms with Crippen LogP contribution in [0.2, 0.25) is 0 Å². The molecule has 2 unspecified atom stereocenters. The number of carboxylic acid groups (broad SMARTS) is 1. The Kier molecular flexibility index (Phi) is 4.16. The van der Waals surface area contributed by atoms with Crippen LogP contribution in [0.1, 0.15) is 38.2 Å². The smallest absolute Gasteiger partial charge is 0.311 e. The van der Waals surface area contributed by atoms with Crippen LogP contribution in [0.25, 0.3) is 0 Å². The monoisotopic (exact) mass is 292 g/mol. The van der Waals surface area contributed by atoms with E-state index >= 15 is 0 Å². The van der Waals surface area contributed by atoms with Crippen LogP contribution >= 0.6 is 0 Å². The van der Waals surface area contributed by atoms with Gasteiger partial charge in [-0.15, -0.1) is 0 Å². The molecule has 0 bridgehead atoms. The third-order valence-electron chi connectivity index (χ3n) is 4.53. The van der Waals surface area contributed by atoms with E-state index in [1.807, 2.05) is 0 Å². The van der Waals surface area contributed by atoms with Crippen molar-refractivity contribution in [3.63, 3.8) is 0 Å². The zero-order valence-electron chi connectivity index (χ0n) is 12.3. The van der Waals surface area contributed by atoms with Gasteiger partial charge in [0.1, 0.15) is 0 Å². The number of benzene rings is 1. The average molecular weight is 292 g/mol. The third kappa shape index (κ3) is 2.84. The van der Waals surface area contributed by atoms with E-state index in [4.69, 9.17) is 0 Å². The van der Waals surface area contributed by atoms with Crippen LogP contribution < -0.4 is 5.32 Å². The van der Waals surface area contributed by atoms with Crippen LogP contribution in [-0.2, 0) is 4.79 Å². The summed E-state index contributed by atoms with van der Waals surface area (Å²) < 4.78 is 0. The second-order valence-corrected chi connectivity index (χ2v) is 5.87. The molecule has 6 heteroatoms. The molecule has 1 saturated carbocycles. The number of nitro benzene ring substituents is 1. The lowest BCUT2D eigenvalue weighted by molar-refractivity contribution is -0.385. The molecule has 6 nitrogen and oxygen atoms in total. The predicted molar refractivity (Wildman–Crippen MR) is 79.5 cm³/mol. The van der Waals surface area contributed by atoms with Crippen molar-refractivity contribution in [2.24, 2.45) is 5.41 Å². The van der Waals surface area contributed by atoms with E-state index in [1.54, 1.807) is 26.0 Å². The first-order valence-corrected chi connectivity index (χ1v) is 7.10. The van der Waals surface area contributed by atoms with E-state index in [9.17, 15) is 20.0 Å². The first kappa shape index (κ1) is 15.3. The first-order valence-electron chi connectivity index (χ1n) is 7.10. The summed E-state index contributed by atoms with van der Waals surface area (Å²) in [6, 6.07) is 4.62. The van der Waals surface area contributed by atoms with Gasteiger partial charge in [0.25, 0.3) is 5.69 Å². The Bertz CT molecular complexity index is 573. The van der Waals surface area contributed by atoms with Gasteiger partial charge in [-0.3, -0.25) is 14.9 Å². The van der Waals surface area contributed by atoms with Gasteiger partial charge in [-0.25, -0.2) is 0 Å². The second-order valence-electron chi connectivity index (χ2n) is 5.87. The summed E-state index contributed by atoms with van der Waals surface area (Å²) in [5.74, 6) is -0.817. The fraction of sp³-hybridized carbons (Fsp3) is 0.533. The highest BCUT2D eigenvalue weighted by atomic mass is 16.6. The molecule has 1 aliphatic carbocycles. The van der Waals surface area contributed by atoms with Gasteiger partial charge in [0.15, 0.2) is 0 Å². The normalized spacial score (nSPS) is 25.3. The predicted octanol–water partition coefficient (Wildman–Crippen LogP) is 3.35. The van der Waals surface area contributed by atoms with Crippen LogP contribution in [0.5, 0.6) is 0 Å². The number of aliphatic carboxylic acids is 1. The zero-order valence-corrected chi connectivity index (χ0v) is 12.3. The van der Waals surface area contributed by atoms with Crippen molar-refractivity contribution >= 4 is 17.3 Å². The standard InChI is InChI=1S/C15H20N2O4/c1-10-11(6-5-7-12(10)17(20)21)16-13-8-3-4-9-15(13,2)14(18)19/h5-7,13,16H,3-4,8-9H2,1-2H3,(H,18,19). The summed E-state index contributed by atoms with van der Waals surface area (Å²) >= 11 is 0. The molecule has 21 heavy (non-hydrogen) atoms. The van der Waals surface area contributed by atoms with Gasteiger partial charge < -0.3 is 10.4 Å². The van der Waals surface area contributed by atoms with E-state index < -0.39 is 16.3 Å². The van der Waals surface area contributed by atoms with Gasteiger partial charge in [0.05, 0.1) is 10.3 Å². The highest BCUT2D eigenvalue weighted by Gasteiger charge is 2.43. The Morgan fingerprint density at radius 3 is 2.81 bits per heavy atom. The van der Waals surface area contributed by atoms with E-state index in [1.165, 1.54) is 6.07 Å². The molecule has 2 N–H and O–H groups in total. The second kappa shape index (κ2) is 5.71. The largest absolute Gasteiger partial charge is 0.481 e. The lowest BCUT2D eigenvalue weighted by Gasteiger charge is -2.39. The maximum absolute atomic E-state index is 11.6. The molecule has 1 aliphatic rings. The molecular weight excluding hydrogens is 272 g/mol. The molecular formula is C15H20N2O4. The number of nitrogens with one attached hydrogen (secondary N) is 1. The lowest BCUT2D eigenvalue weighted by atomic mass is 9.71. The van der Waals surface area contributed by atoms with Crippen molar-refractivity contribution in [2.75, 3.05) is 5.32 Å². The molecule has 0 radical (unpaired) electrons. The fourth-order valence-corrected chi connectivity index (χ4v) is 2.99. The summed E-state index contributed by atoms with van der Waals surface area (Å²) in [4.78, 5) is 22.2. The molecule has 0 aliphatic heterocycles. The minimum absolute atomic E-state index is 0.0489. The Labute approximate surface area is 123 Å². The molecule has 2 atom stereocenters. The topological polar surface area (TPSA) is 92.5 Å². The van der Waals surface area contributed by atoms with Crippen molar-refractivity contribution in [1.29, 1.82) is 0 Å². The van der Waals surface area contributed by atoms with Crippen molar-refractivity contribution in [3.05, 3.63) is 33.9 Å². The Balaban J connectivity index is 2.30. The summed E-state index contributed by atoms with van der Waals surface area (Å²) in [6.07, 6.45) is 3.24. The van der Waals surface area contributed by atoms with Crippen LogP contribution in [0, 0.1) is 22.5 Å². The van der Waals surface area contributed by atoms with E-state index in [2.05, 4.69) is 5.32 Å². The molecule has 0 heterocycles. The number of nitrogens with zero attached hydrogens (tertiary/aromatic N) is 1. The lowest BCUT2D eigenvalue weighted by Crippen LogP contribution is -2.46.